The maximum absolute atomic E-state index is 11.6. The quantitative estimate of drug-likeness (QED) is 0.571. The highest BCUT2D eigenvalue weighted by Gasteiger charge is 2.07. The zero-order chi connectivity index (χ0) is 18.2. The first kappa shape index (κ1) is 17.9. The molecule has 0 radical (unpaired) electrons. The van der Waals surface area contributed by atoms with Crippen molar-refractivity contribution in [2.24, 2.45) is 0 Å². The summed E-state index contributed by atoms with van der Waals surface area (Å²) in [5.41, 5.74) is 2.75. The molecular formula is C20H24N4O2. The number of nitrogens with zero attached hydrogens (tertiary/aromatic N) is 2. The Morgan fingerprint density at radius 3 is 3.00 bits per heavy atom. The fourth-order valence-electron chi connectivity index (χ4n) is 2.97. The van der Waals surface area contributed by atoms with E-state index in [1.807, 2.05) is 12.1 Å². The molecule has 26 heavy (non-hydrogen) atoms. The van der Waals surface area contributed by atoms with Gasteiger partial charge in [-0.1, -0.05) is 17.7 Å². The van der Waals surface area contributed by atoms with Crippen molar-refractivity contribution in [3.05, 3.63) is 53.7 Å². The molecule has 0 spiro atoms. The van der Waals surface area contributed by atoms with Gasteiger partial charge in [-0.2, -0.15) is 4.98 Å². The fourth-order valence-corrected chi connectivity index (χ4v) is 2.97. The number of nitrogens with one attached hydrogen (secondary N) is 2. The second kappa shape index (κ2) is 8.99. The van der Waals surface area contributed by atoms with Gasteiger partial charge in [0.1, 0.15) is 5.82 Å². The van der Waals surface area contributed by atoms with Gasteiger partial charge in [-0.05, 0) is 56.4 Å². The molecule has 0 unspecified atom stereocenters. The first-order chi connectivity index (χ1) is 12.7. The SMILES string of the molecule is COC(=O)c1cccc(Nc2nccc(NCCC3=CCCCC3)n2)c1. The topological polar surface area (TPSA) is 76.1 Å². The summed E-state index contributed by atoms with van der Waals surface area (Å²) in [7, 11) is 1.37. The van der Waals surface area contributed by atoms with E-state index in [-0.39, 0.29) is 5.97 Å². The number of rotatable bonds is 7. The largest absolute Gasteiger partial charge is 0.465 e. The summed E-state index contributed by atoms with van der Waals surface area (Å²) in [6.45, 7) is 0.861. The number of hydrogen-bond donors (Lipinski definition) is 2. The molecule has 3 rings (SSSR count). The lowest BCUT2D eigenvalue weighted by atomic mass is 9.97. The molecule has 6 nitrogen and oxygen atoms in total. The van der Waals surface area contributed by atoms with Crippen LogP contribution in [-0.4, -0.2) is 29.6 Å². The Morgan fingerprint density at radius 1 is 1.27 bits per heavy atom. The van der Waals surface area contributed by atoms with Gasteiger partial charge >= 0.3 is 5.97 Å². The highest BCUT2D eigenvalue weighted by molar-refractivity contribution is 5.90. The van der Waals surface area contributed by atoms with E-state index in [4.69, 9.17) is 4.74 Å². The van der Waals surface area contributed by atoms with Crippen molar-refractivity contribution in [2.45, 2.75) is 32.1 Å². The first-order valence-corrected chi connectivity index (χ1v) is 8.95. The summed E-state index contributed by atoms with van der Waals surface area (Å²) in [4.78, 5) is 20.3. The Hall–Kier alpha value is -2.89. The summed E-state index contributed by atoms with van der Waals surface area (Å²) in [5, 5.41) is 6.47. The molecule has 0 amide bonds. The Bertz CT molecular complexity index is 789. The van der Waals surface area contributed by atoms with Crippen LogP contribution < -0.4 is 10.6 Å². The maximum Gasteiger partial charge on any atom is 0.337 e. The molecule has 1 aliphatic carbocycles. The molecule has 1 aliphatic rings. The number of hydrogen-bond acceptors (Lipinski definition) is 6. The molecule has 0 bridgehead atoms. The molecule has 0 saturated carbocycles. The van der Waals surface area contributed by atoms with E-state index in [1.54, 1.807) is 24.4 Å². The third-order valence-corrected chi connectivity index (χ3v) is 4.33. The minimum absolute atomic E-state index is 0.373. The monoisotopic (exact) mass is 352 g/mol. The Kier molecular flexibility index (Phi) is 6.19. The minimum atomic E-state index is -0.373. The predicted molar refractivity (Wildman–Crippen MR) is 103 cm³/mol. The van der Waals surface area contributed by atoms with Crippen LogP contribution in [0.4, 0.5) is 17.5 Å². The predicted octanol–water partition coefficient (Wildman–Crippen LogP) is 4.31. The number of allylic oxidation sites excluding steroid dienone is 1. The Morgan fingerprint density at radius 2 is 2.19 bits per heavy atom. The van der Waals surface area contributed by atoms with Gasteiger partial charge < -0.3 is 15.4 Å². The zero-order valence-electron chi connectivity index (χ0n) is 15.0. The molecule has 0 aliphatic heterocycles. The maximum atomic E-state index is 11.6. The van der Waals surface area contributed by atoms with E-state index >= 15 is 0 Å². The highest BCUT2D eigenvalue weighted by Crippen LogP contribution is 2.20. The third kappa shape index (κ3) is 5.05. The Labute approximate surface area is 153 Å². The second-order valence-electron chi connectivity index (χ2n) is 6.25. The van der Waals surface area contributed by atoms with Crippen molar-refractivity contribution >= 4 is 23.4 Å². The first-order valence-electron chi connectivity index (χ1n) is 8.95. The van der Waals surface area contributed by atoms with Crippen LogP contribution in [0.3, 0.4) is 0 Å². The summed E-state index contributed by atoms with van der Waals surface area (Å²) in [6.07, 6.45) is 10.2. The van der Waals surface area contributed by atoms with Gasteiger partial charge in [0.15, 0.2) is 0 Å². The average molecular weight is 352 g/mol. The van der Waals surface area contributed by atoms with Gasteiger partial charge in [0.05, 0.1) is 12.7 Å². The van der Waals surface area contributed by atoms with E-state index in [9.17, 15) is 4.79 Å². The molecule has 136 valence electrons. The van der Waals surface area contributed by atoms with Crippen molar-refractivity contribution in [1.29, 1.82) is 0 Å². The van der Waals surface area contributed by atoms with E-state index in [2.05, 4.69) is 26.7 Å². The van der Waals surface area contributed by atoms with Gasteiger partial charge in [-0.15, -0.1) is 0 Å². The summed E-state index contributed by atoms with van der Waals surface area (Å²) >= 11 is 0. The number of ether oxygens (including phenoxy) is 1. The van der Waals surface area contributed by atoms with Crippen LogP contribution in [0.5, 0.6) is 0 Å². The smallest absolute Gasteiger partial charge is 0.337 e. The van der Waals surface area contributed by atoms with Gasteiger partial charge in [-0.3, -0.25) is 0 Å². The number of benzene rings is 1. The molecule has 0 fully saturated rings. The number of anilines is 3. The molecule has 2 aromatic rings. The lowest BCUT2D eigenvalue weighted by Gasteiger charge is -2.13. The van der Waals surface area contributed by atoms with Crippen molar-refractivity contribution in [3.8, 4) is 0 Å². The minimum Gasteiger partial charge on any atom is -0.465 e. The Balaban J connectivity index is 1.58. The van der Waals surface area contributed by atoms with Crippen molar-refractivity contribution < 1.29 is 9.53 Å². The van der Waals surface area contributed by atoms with Crippen molar-refractivity contribution in [1.82, 2.24) is 9.97 Å². The summed E-state index contributed by atoms with van der Waals surface area (Å²) in [6, 6.07) is 8.91. The zero-order valence-corrected chi connectivity index (χ0v) is 15.0. The fraction of sp³-hybridized carbons (Fsp3) is 0.350. The van der Waals surface area contributed by atoms with Crippen LogP contribution >= 0.6 is 0 Å². The van der Waals surface area contributed by atoms with E-state index in [0.29, 0.717) is 11.5 Å². The van der Waals surface area contributed by atoms with Crippen LogP contribution in [0.25, 0.3) is 0 Å². The van der Waals surface area contributed by atoms with E-state index in [0.717, 1.165) is 24.5 Å². The van der Waals surface area contributed by atoms with Crippen LogP contribution in [0.2, 0.25) is 0 Å². The summed E-state index contributed by atoms with van der Waals surface area (Å²) in [5.74, 6) is 0.888. The molecule has 0 saturated heterocycles. The second-order valence-corrected chi connectivity index (χ2v) is 6.25. The van der Waals surface area contributed by atoms with Gasteiger partial charge in [0.25, 0.3) is 0 Å². The number of carbonyl (C=O) groups is 1. The molecule has 0 atom stereocenters. The average Bonchev–Trinajstić information content (AvgIpc) is 2.69. The van der Waals surface area contributed by atoms with Gasteiger partial charge in [0, 0.05) is 18.4 Å². The number of aromatic nitrogens is 2. The molecular weight excluding hydrogens is 328 g/mol. The number of esters is 1. The molecule has 1 heterocycles. The normalized spacial score (nSPS) is 13.7. The van der Waals surface area contributed by atoms with Crippen molar-refractivity contribution in [2.75, 3.05) is 24.3 Å². The van der Waals surface area contributed by atoms with E-state index < -0.39 is 0 Å². The lowest BCUT2D eigenvalue weighted by molar-refractivity contribution is 0.0601. The van der Waals surface area contributed by atoms with Gasteiger partial charge in [-0.25, -0.2) is 9.78 Å². The third-order valence-electron chi connectivity index (χ3n) is 4.33. The molecule has 2 N–H and O–H groups in total. The van der Waals surface area contributed by atoms with E-state index in [1.165, 1.54) is 38.4 Å². The number of carbonyl (C=O) groups excluding carboxylic acids is 1. The van der Waals surface area contributed by atoms with Gasteiger partial charge in [0.2, 0.25) is 5.95 Å². The van der Waals surface area contributed by atoms with Crippen LogP contribution in [0.15, 0.2) is 48.2 Å². The molecule has 1 aromatic carbocycles. The standard InChI is InChI=1S/C20H24N4O2/c1-26-19(25)16-8-5-9-17(14-16)23-20-22-13-11-18(24-20)21-12-10-15-6-3-2-4-7-15/h5-6,8-9,11,13-14H,2-4,7,10,12H2,1H3,(H2,21,22,23,24). The molecule has 6 heteroatoms. The summed E-state index contributed by atoms with van der Waals surface area (Å²) < 4.78 is 4.74. The highest BCUT2D eigenvalue weighted by atomic mass is 16.5. The molecule has 1 aromatic heterocycles. The lowest BCUT2D eigenvalue weighted by Crippen LogP contribution is -2.07. The van der Waals surface area contributed by atoms with Crippen LogP contribution in [0.1, 0.15) is 42.5 Å². The number of methoxy groups -OCH3 is 1. The van der Waals surface area contributed by atoms with Crippen LogP contribution in [0, 0.1) is 0 Å². The van der Waals surface area contributed by atoms with Crippen LogP contribution in [-0.2, 0) is 4.74 Å². The van der Waals surface area contributed by atoms with Crippen molar-refractivity contribution in [3.63, 3.8) is 0 Å².